The normalized spacial score (nSPS) is 18.5. The van der Waals surface area contributed by atoms with E-state index in [4.69, 9.17) is 0 Å². The van der Waals surface area contributed by atoms with Crippen molar-refractivity contribution in [2.75, 3.05) is 19.6 Å². The molecule has 1 atom stereocenters. The van der Waals surface area contributed by atoms with Gasteiger partial charge in [0.25, 0.3) is 0 Å². The molecule has 0 spiro atoms. The second-order valence-electron chi connectivity index (χ2n) is 6.15. The zero-order chi connectivity index (χ0) is 15.6. The zero-order valence-electron chi connectivity index (χ0n) is 13.7. The van der Waals surface area contributed by atoms with Crippen molar-refractivity contribution in [1.82, 2.24) is 24.8 Å². The van der Waals surface area contributed by atoms with E-state index in [9.17, 15) is 0 Å². The van der Waals surface area contributed by atoms with E-state index in [0.29, 0.717) is 6.04 Å². The quantitative estimate of drug-likeness (QED) is 0.794. The number of benzene rings is 1. The summed E-state index contributed by atoms with van der Waals surface area (Å²) in [6.45, 7) is 4.01. The van der Waals surface area contributed by atoms with Crippen LogP contribution in [0.15, 0.2) is 49.1 Å². The molecular formula is C18H22ClN5. The molecule has 1 N–H and O–H groups in total. The molecule has 2 aromatic heterocycles. The van der Waals surface area contributed by atoms with Crippen molar-refractivity contribution in [1.29, 1.82) is 0 Å². The number of hydrogen-bond donors (Lipinski definition) is 1. The van der Waals surface area contributed by atoms with Crippen LogP contribution in [-0.2, 0) is 13.6 Å². The van der Waals surface area contributed by atoms with E-state index in [1.165, 1.54) is 16.6 Å². The van der Waals surface area contributed by atoms with E-state index in [2.05, 4.69) is 55.1 Å². The summed E-state index contributed by atoms with van der Waals surface area (Å²) >= 11 is 0. The Morgan fingerprint density at radius 3 is 2.88 bits per heavy atom. The number of piperazine rings is 1. The zero-order valence-corrected chi connectivity index (χ0v) is 14.5. The number of aromatic nitrogens is 3. The van der Waals surface area contributed by atoms with Crippen LogP contribution < -0.4 is 5.32 Å². The summed E-state index contributed by atoms with van der Waals surface area (Å²) in [7, 11) is 2.03. The number of imidazole rings is 1. The van der Waals surface area contributed by atoms with Gasteiger partial charge in [0.1, 0.15) is 0 Å². The molecule has 1 aliphatic rings. The van der Waals surface area contributed by atoms with Crippen LogP contribution in [0, 0.1) is 0 Å². The maximum atomic E-state index is 4.47. The van der Waals surface area contributed by atoms with E-state index in [1.807, 2.05) is 25.8 Å². The number of rotatable bonds is 3. The number of halogens is 1. The predicted octanol–water partition coefficient (Wildman–Crippen LogP) is 2.54. The molecule has 1 unspecified atom stereocenters. The molecule has 0 radical (unpaired) electrons. The van der Waals surface area contributed by atoms with Gasteiger partial charge in [-0.15, -0.1) is 12.4 Å². The fraction of sp³-hybridized carbons (Fsp3) is 0.333. The Morgan fingerprint density at radius 2 is 2.04 bits per heavy atom. The average Bonchev–Trinajstić information content (AvgIpc) is 2.97. The predicted molar refractivity (Wildman–Crippen MR) is 98.2 cm³/mol. The minimum Gasteiger partial charge on any atom is -0.334 e. The molecule has 4 rings (SSSR count). The Labute approximate surface area is 148 Å². The number of pyridine rings is 1. The molecule has 5 nitrogen and oxygen atoms in total. The van der Waals surface area contributed by atoms with Crippen molar-refractivity contribution >= 4 is 23.4 Å². The van der Waals surface area contributed by atoms with Crippen LogP contribution in [0.3, 0.4) is 0 Å². The molecule has 24 heavy (non-hydrogen) atoms. The molecule has 126 valence electrons. The first kappa shape index (κ1) is 16.9. The van der Waals surface area contributed by atoms with Gasteiger partial charge in [-0.3, -0.25) is 9.88 Å². The second-order valence-corrected chi connectivity index (χ2v) is 6.15. The number of aryl methyl sites for hydroxylation is 1. The molecule has 0 aliphatic carbocycles. The van der Waals surface area contributed by atoms with Gasteiger partial charge in [0.05, 0.1) is 17.4 Å². The van der Waals surface area contributed by atoms with Gasteiger partial charge in [-0.1, -0.05) is 6.07 Å². The fourth-order valence-corrected chi connectivity index (χ4v) is 3.36. The maximum absolute atomic E-state index is 4.47. The van der Waals surface area contributed by atoms with Crippen molar-refractivity contribution in [2.45, 2.75) is 12.6 Å². The number of nitrogens with zero attached hydrogens (tertiary/aromatic N) is 4. The van der Waals surface area contributed by atoms with Gasteiger partial charge in [-0.25, -0.2) is 4.98 Å². The van der Waals surface area contributed by atoms with E-state index < -0.39 is 0 Å². The molecule has 0 saturated carbocycles. The van der Waals surface area contributed by atoms with E-state index >= 15 is 0 Å². The molecule has 0 bridgehead atoms. The Hall–Kier alpha value is -1.95. The molecular weight excluding hydrogens is 322 g/mol. The standard InChI is InChI=1S/C18H21N5.ClH/c1-22-13-21-16-10-14(2-3-17(16)22)12-23-9-8-20-11-18(23)15-4-6-19-7-5-15;/h2-7,10,13,18,20H,8-9,11-12H2,1H3;1H. The molecule has 1 aromatic carbocycles. The lowest BCUT2D eigenvalue weighted by Gasteiger charge is -2.36. The largest absolute Gasteiger partial charge is 0.334 e. The molecule has 0 amide bonds. The third-order valence-electron chi connectivity index (χ3n) is 4.62. The van der Waals surface area contributed by atoms with Crippen LogP contribution in [0.25, 0.3) is 11.0 Å². The maximum Gasteiger partial charge on any atom is 0.0955 e. The molecule has 1 saturated heterocycles. The summed E-state index contributed by atoms with van der Waals surface area (Å²) in [5.41, 5.74) is 4.89. The highest BCUT2D eigenvalue weighted by molar-refractivity contribution is 5.85. The monoisotopic (exact) mass is 343 g/mol. The van der Waals surface area contributed by atoms with Crippen molar-refractivity contribution < 1.29 is 0 Å². The van der Waals surface area contributed by atoms with Gasteiger partial charge >= 0.3 is 0 Å². The van der Waals surface area contributed by atoms with Crippen LogP contribution in [-0.4, -0.2) is 39.1 Å². The van der Waals surface area contributed by atoms with Crippen molar-refractivity contribution in [3.05, 3.63) is 60.2 Å². The second kappa shape index (κ2) is 7.30. The molecule has 1 aliphatic heterocycles. The number of nitrogens with one attached hydrogen (secondary N) is 1. The summed E-state index contributed by atoms with van der Waals surface area (Å²) in [6.07, 6.45) is 5.63. The minimum absolute atomic E-state index is 0. The van der Waals surface area contributed by atoms with Gasteiger partial charge in [0.15, 0.2) is 0 Å². The number of hydrogen-bond acceptors (Lipinski definition) is 4. The lowest BCUT2D eigenvalue weighted by Crippen LogP contribution is -2.45. The van der Waals surface area contributed by atoms with Crippen LogP contribution in [0.4, 0.5) is 0 Å². The number of fused-ring (bicyclic) bond motifs is 1. The third kappa shape index (κ3) is 3.29. The van der Waals surface area contributed by atoms with Crippen LogP contribution in [0.2, 0.25) is 0 Å². The van der Waals surface area contributed by atoms with Gasteiger partial charge < -0.3 is 9.88 Å². The topological polar surface area (TPSA) is 46.0 Å². The smallest absolute Gasteiger partial charge is 0.0955 e. The highest BCUT2D eigenvalue weighted by Gasteiger charge is 2.23. The van der Waals surface area contributed by atoms with Crippen molar-refractivity contribution in [3.63, 3.8) is 0 Å². The van der Waals surface area contributed by atoms with E-state index in [0.717, 1.165) is 31.7 Å². The SMILES string of the molecule is Cl.Cn1cnc2cc(CN3CCNCC3c3ccncc3)ccc21. The van der Waals surface area contributed by atoms with Crippen molar-refractivity contribution in [2.24, 2.45) is 7.05 Å². The van der Waals surface area contributed by atoms with Crippen molar-refractivity contribution in [3.8, 4) is 0 Å². The minimum atomic E-state index is 0. The average molecular weight is 344 g/mol. The van der Waals surface area contributed by atoms with Gasteiger partial charge in [-0.05, 0) is 35.4 Å². The summed E-state index contributed by atoms with van der Waals surface area (Å²) in [5, 5.41) is 3.50. The van der Waals surface area contributed by atoms with Crippen LogP contribution in [0.5, 0.6) is 0 Å². The van der Waals surface area contributed by atoms with E-state index in [-0.39, 0.29) is 12.4 Å². The van der Waals surface area contributed by atoms with Crippen LogP contribution >= 0.6 is 12.4 Å². The van der Waals surface area contributed by atoms with E-state index in [1.54, 1.807) is 0 Å². The fourth-order valence-electron chi connectivity index (χ4n) is 3.36. The lowest BCUT2D eigenvalue weighted by molar-refractivity contribution is 0.154. The molecule has 3 aromatic rings. The summed E-state index contributed by atoms with van der Waals surface area (Å²) < 4.78 is 2.06. The molecule has 1 fully saturated rings. The Morgan fingerprint density at radius 1 is 1.21 bits per heavy atom. The first-order valence-electron chi connectivity index (χ1n) is 8.06. The summed E-state index contributed by atoms with van der Waals surface area (Å²) in [5.74, 6) is 0. The molecule has 6 heteroatoms. The molecule has 3 heterocycles. The van der Waals surface area contributed by atoms with Gasteiger partial charge in [0.2, 0.25) is 0 Å². The Kier molecular flexibility index (Phi) is 5.14. The summed E-state index contributed by atoms with van der Waals surface area (Å²) in [4.78, 5) is 11.1. The Balaban J connectivity index is 0.00000169. The highest BCUT2D eigenvalue weighted by Crippen LogP contribution is 2.24. The Bertz CT molecular complexity index is 802. The first-order chi connectivity index (χ1) is 11.3. The van der Waals surface area contributed by atoms with Gasteiger partial charge in [-0.2, -0.15) is 0 Å². The lowest BCUT2D eigenvalue weighted by atomic mass is 10.0. The summed E-state index contributed by atoms with van der Waals surface area (Å²) in [6, 6.07) is 11.2. The van der Waals surface area contributed by atoms with Gasteiger partial charge in [0, 0.05) is 51.7 Å². The first-order valence-corrected chi connectivity index (χ1v) is 8.06. The highest BCUT2D eigenvalue weighted by atomic mass is 35.5. The third-order valence-corrected chi connectivity index (χ3v) is 4.62. The van der Waals surface area contributed by atoms with Crippen LogP contribution in [0.1, 0.15) is 17.2 Å².